The van der Waals surface area contributed by atoms with E-state index in [0.29, 0.717) is 17.3 Å². The molecule has 0 fully saturated rings. The molecule has 2 rings (SSSR count). The van der Waals surface area contributed by atoms with Crippen LogP contribution in [0.2, 0.25) is 0 Å². The highest BCUT2D eigenvalue weighted by molar-refractivity contribution is 5.55. The van der Waals surface area contributed by atoms with Gasteiger partial charge in [-0.3, -0.25) is 0 Å². The van der Waals surface area contributed by atoms with Crippen LogP contribution in [0.15, 0.2) is 36.5 Å². The highest BCUT2D eigenvalue weighted by atomic mass is 15.3. The molecule has 4 N–H and O–H groups in total. The summed E-state index contributed by atoms with van der Waals surface area (Å²) in [7, 11) is 0. The van der Waals surface area contributed by atoms with Crippen LogP contribution in [0.3, 0.4) is 0 Å². The minimum atomic E-state index is 0.435. The molecule has 0 saturated carbocycles. The zero-order valence-electron chi connectivity index (χ0n) is 8.88. The van der Waals surface area contributed by atoms with Gasteiger partial charge in [-0.25, -0.2) is 10.8 Å². The molecule has 6 heteroatoms. The third kappa shape index (κ3) is 2.68. The van der Waals surface area contributed by atoms with E-state index >= 15 is 0 Å². The monoisotopic (exact) mass is 226 g/mol. The Kier molecular flexibility index (Phi) is 3.14. The summed E-state index contributed by atoms with van der Waals surface area (Å²) in [5.74, 6) is 6.21. The predicted octanol–water partition coefficient (Wildman–Crippen LogP) is 1.38. The van der Waals surface area contributed by atoms with Crippen LogP contribution in [0.1, 0.15) is 5.56 Å². The Hall–Kier alpha value is -2.65. The van der Waals surface area contributed by atoms with Gasteiger partial charge in [0.2, 0.25) is 5.95 Å². The number of nitrogens with one attached hydrogen (secondary N) is 2. The van der Waals surface area contributed by atoms with Crippen molar-refractivity contribution in [1.29, 1.82) is 5.26 Å². The molecule has 0 bridgehead atoms. The van der Waals surface area contributed by atoms with Gasteiger partial charge in [0.1, 0.15) is 5.82 Å². The molecule has 6 nitrogen and oxygen atoms in total. The second-order valence-electron chi connectivity index (χ2n) is 3.22. The summed E-state index contributed by atoms with van der Waals surface area (Å²) in [6, 6.07) is 10.7. The lowest BCUT2D eigenvalue weighted by atomic mass is 10.2. The van der Waals surface area contributed by atoms with Gasteiger partial charge in [-0.05, 0) is 24.3 Å². The molecule has 84 valence electrons. The molecule has 0 amide bonds. The molecule has 1 aromatic carbocycles. The lowest BCUT2D eigenvalue weighted by molar-refractivity contribution is 1.14. The predicted molar refractivity (Wildman–Crippen MR) is 64.3 cm³/mol. The number of hydrazine groups is 1. The maximum absolute atomic E-state index is 8.67. The molecule has 0 radical (unpaired) electrons. The molecule has 0 aliphatic carbocycles. The van der Waals surface area contributed by atoms with Crippen molar-refractivity contribution < 1.29 is 0 Å². The summed E-state index contributed by atoms with van der Waals surface area (Å²) >= 11 is 0. The molecule has 2 aromatic rings. The summed E-state index contributed by atoms with van der Waals surface area (Å²) in [4.78, 5) is 8.15. The maximum Gasteiger partial charge on any atom is 0.229 e. The van der Waals surface area contributed by atoms with Crippen molar-refractivity contribution in [3.63, 3.8) is 0 Å². The first-order valence-electron chi connectivity index (χ1n) is 4.88. The molecule has 0 aliphatic heterocycles. The van der Waals surface area contributed by atoms with E-state index in [9.17, 15) is 0 Å². The number of nitriles is 1. The zero-order valence-corrected chi connectivity index (χ0v) is 8.88. The molecule has 1 heterocycles. The van der Waals surface area contributed by atoms with Crippen molar-refractivity contribution in [3.8, 4) is 6.07 Å². The van der Waals surface area contributed by atoms with Crippen LogP contribution in [-0.4, -0.2) is 9.97 Å². The smallest absolute Gasteiger partial charge is 0.229 e. The van der Waals surface area contributed by atoms with E-state index < -0.39 is 0 Å². The summed E-state index contributed by atoms with van der Waals surface area (Å²) in [6.07, 6.45) is 1.59. The summed E-state index contributed by atoms with van der Waals surface area (Å²) < 4.78 is 0. The molecule has 0 saturated heterocycles. The molecule has 17 heavy (non-hydrogen) atoms. The second-order valence-corrected chi connectivity index (χ2v) is 3.22. The SMILES string of the molecule is N#Cc1ccc(Nc2nccc(NN)n2)cc1. The third-order valence-corrected chi connectivity index (χ3v) is 2.07. The third-order valence-electron chi connectivity index (χ3n) is 2.07. The average molecular weight is 226 g/mol. The van der Waals surface area contributed by atoms with Crippen molar-refractivity contribution in [2.45, 2.75) is 0 Å². The van der Waals surface area contributed by atoms with Crippen molar-refractivity contribution in [2.24, 2.45) is 5.84 Å². The number of nitrogen functional groups attached to an aromatic ring is 1. The van der Waals surface area contributed by atoms with Crippen molar-refractivity contribution in [1.82, 2.24) is 9.97 Å². The number of nitrogens with two attached hydrogens (primary N) is 1. The topological polar surface area (TPSA) is 99.7 Å². The number of nitrogens with zero attached hydrogens (tertiary/aromatic N) is 3. The fourth-order valence-corrected chi connectivity index (χ4v) is 1.26. The minimum Gasteiger partial charge on any atom is -0.324 e. The van der Waals surface area contributed by atoms with E-state index in [-0.39, 0.29) is 0 Å². The van der Waals surface area contributed by atoms with Crippen LogP contribution >= 0.6 is 0 Å². The van der Waals surface area contributed by atoms with Gasteiger partial charge in [0.25, 0.3) is 0 Å². The number of hydrogen-bond donors (Lipinski definition) is 3. The van der Waals surface area contributed by atoms with Crippen LogP contribution in [0, 0.1) is 11.3 Å². The van der Waals surface area contributed by atoms with Crippen LogP contribution in [0.4, 0.5) is 17.5 Å². The summed E-state index contributed by atoms with van der Waals surface area (Å²) in [5, 5.41) is 11.7. The normalized spacial score (nSPS) is 9.41. The van der Waals surface area contributed by atoms with Gasteiger partial charge < -0.3 is 10.7 Å². The molecule has 1 aromatic heterocycles. The van der Waals surface area contributed by atoms with Crippen LogP contribution in [0.25, 0.3) is 0 Å². The Morgan fingerprint density at radius 2 is 1.94 bits per heavy atom. The van der Waals surface area contributed by atoms with Gasteiger partial charge in [-0.15, -0.1) is 0 Å². The largest absolute Gasteiger partial charge is 0.324 e. The van der Waals surface area contributed by atoms with Crippen LogP contribution in [-0.2, 0) is 0 Å². The summed E-state index contributed by atoms with van der Waals surface area (Å²) in [6.45, 7) is 0. The van der Waals surface area contributed by atoms with Gasteiger partial charge in [0, 0.05) is 18.0 Å². The number of anilines is 3. The van der Waals surface area contributed by atoms with Gasteiger partial charge in [0.15, 0.2) is 0 Å². The number of hydrogen-bond acceptors (Lipinski definition) is 6. The van der Waals surface area contributed by atoms with E-state index in [4.69, 9.17) is 11.1 Å². The number of benzene rings is 1. The van der Waals surface area contributed by atoms with E-state index in [1.165, 1.54) is 0 Å². The first-order chi connectivity index (χ1) is 8.31. The number of rotatable bonds is 3. The highest BCUT2D eigenvalue weighted by Gasteiger charge is 1.99. The number of aromatic nitrogens is 2. The van der Waals surface area contributed by atoms with Crippen molar-refractivity contribution in [3.05, 3.63) is 42.1 Å². The van der Waals surface area contributed by atoms with E-state index in [2.05, 4.69) is 26.8 Å². The van der Waals surface area contributed by atoms with E-state index in [1.807, 2.05) is 0 Å². The molecule has 0 atom stereocenters. The quantitative estimate of drug-likeness (QED) is 0.540. The fourth-order valence-electron chi connectivity index (χ4n) is 1.26. The summed E-state index contributed by atoms with van der Waals surface area (Å²) in [5.41, 5.74) is 3.85. The lowest BCUT2D eigenvalue weighted by Gasteiger charge is -2.05. The Balaban J connectivity index is 2.16. The Labute approximate surface area is 98.1 Å². The van der Waals surface area contributed by atoms with Gasteiger partial charge >= 0.3 is 0 Å². The molecular weight excluding hydrogens is 216 g/mol. The Morgan fingerprint density at radius 3 is 2.59 bits per heavy atom. The highest BCUT2D eigenvalue weighted by Crippen LogP contribution is 2.14. The molecule has 0 aliphatic rings. The Morgan fingerprint density at radius 1 is 1.18 bits per heavy atom. The lowest BCUT2D eigenvalue weighted by Crippen LogP contribution is -2.09. The van der Waals surface area contributed by atoms with E-state index in [0.717, 1.165) is 5.69 Å². The van der Waals surface area contributed by atoms with Crippen molar-refractivity contribution >= 4 is 17.5 Å². The first kappa shape index (κ1) is 10.9. The van der Waals surface area contributed by atoms with Crippen molar-refractivity contribution in [2.75, 3.05) is 10.7 Å². The average Bonchev–Trinajstić information content (AvgIpc) is 2.40. The molecule has 0 spiro atoms. The minimum absolute atomic E-state index is 0.435. The van der Waals surface area contributed by atoms with Gasteiger partial charge in [0.05, 0.1) is 11.6 Å². The van der Waals surface area contributed by atoms with Gasteiger partial charge in [-0.1, -0.05) is 0 Å². The maximum atomic E-state index is 8.67. The molecule has 0 unspecified atom stereocenters. The Bertz CT molecular complexity index is 543. The van der Waals surface area contributed by atoms with Crippen LogP contribution in [0.5, 0.6) is 0 Å². The zero-order chi connectivity index (χ0) is 12.1. The van der Waals surface area contributed by atoms with Crippen LogP contribution < -0.4 is 16.6 Å². The van der Waals surface area contributed by atoms with Gasteiger partial charge in [-0.2, -0.15) is 10.2 Å². The standard InChI is InChI=1S/C11H10N6/c12-7-8-1-3-9(4-2-8)15-11-14-6-5-10(16-11)17-13/h1-6H,13H2,(H2,14,15,16,17). The second kappa shape index (κ2) is 4.92. The first-order valence-corrected chi connectivity index (χ1v) is 4.88. The van der Waals surface area contributed by atoms with E-state index in [1.54, 1.807) is 36.5 Å². The fraction of sp³-hybridized carbons (Fsp3) is 0. The molecular formula is C11H10N6.